The van der Waals surface area contributed by atoms with Gasteiger partial charge in [-0.1, -0.05) is 6.07 Å². The Morgan fingerprint density at radius 3 is 2.74 bits per heavy atom. The van der Waals surface area contributed by atoms with E-state index in [1.807, 2.05) is 4.90 Å². The van der Waals surface area contributed by atoms with Crippen molar-refractivity contribution in [3.63, 3.8) is 0 Å². The first-order valence-electron chi connectivity index (χ1n) is 9.01. The summed E-state index contributed by atoms with van der Waals surface area (Å²) in [5.41, 5.74) is 0.898. The molecule has 0 amide bonds. The van der Waals surface area contributed by atoms with Crippen molar-refractivity contribution >= 4 is 28.1 Å². The highest BCUT2D eigenvalue weighted by atomic mass is 19.1. The lowest BCUT2D eigenvalue weighted by Crippen LogP contribution is -2.43. The van der Waals surface area contributed by atoms with Gasteiger partial charge in [0.25, 0.3) is 0 Å². The van der Waals surface area contributed by atoms with E-state index in [1.54, 1.807) is 41.8 Å². The number of halogens is 1. The number of esters is 1. The number of aromatic nitrogens is 1. The summed E-state index contributed by atoms with van der Waals surface area (Å²) in [6.45, 7) is 4.77. The number of hydrogen-bond acceptors (Lipinski definition) is 5. The summed E-state index contributed by atoms with van der Waals surface area (Å²) in [5.74, 6) is -1.16. The fraction of sp³-hybridized carbons (Fsp3) is 0.300. The molecule has 1 aliphatic rings. The molecule has 3 heterocycles. The van der Waals surface area contributed by atoms with Crippen molar-refractivity contribution in [2.24, 2.45) is 0 Å². The van der Waals surface area contributed by atoms with Crippen molar-refractivity contribution in [2.75, 3.05) is 37.7 Å². The number of hydrogen-bond donors (Lipinski definition) is 1. The van der Waals surface area contributed by atoms with E-state index in [2.05, 4.69) is 5.32 Å². The van der Waals surface area contributed by atoms with Crippen LogP contribution in [-0.2, 0) is 4.74 Å². The van der Waals surface area contributed by atoms with E-state index in [0.717, 1.165) is 13.1 Å². The molecule has 7 heteroatoms. The SMILES string of the molecule is CCOC(=O)c1c(=O)c2cc(F)c(N3CCNCC3)cc2n2ccccc12. The molecule has 0 radical (unpaired) electrons. The van der Waals surface area contributed by atoms with Crippen LogP contribution in [0.1, 0.15) is 17.3 Å². The van der Waals surface area contributed by atoms with E-state index in [4.69, 9.17) is 4.74 Å². The molecule has 1 N–H and O–H groups in total. The second kappa shape index (κ2) is 7.00. The van der Waals surface area contributed by atoms with E-state index in [-0.39, 0.29) is 17.6 Å². The summed E-state index contributed by atoms with van der Waals surface area (Å²) >= 11 is 0. The summed E-state index contributed by atoms with van der Waals surface area (Å²) in [5, 5.41) is 3.41. The molecule has 140 valence electrons. The number of rotatable bonds is 3. The van der Waals surface area contributed by atoms with Gasteiger partial charge >= 0.3 is 5.97 Å². The van der Waals surface area contributed by atoms with Crippen molar-refractivity contribution in [2.45, 2.75) is 6.92 Å². The molecule has 0 bridgehead atoms. The predicted molar refractivity (Wildman–Crippen MR) is 102 cm³/mol. The van der Waals surface area contributed by atoms with Crippen LogP contribution in [0.3, 0.4) is 0 Å². The molecule has 6 nitrogen and oxygen atoms in total. The van der Waals surface area contributed by atoms with Crippen LogP contribution >= 0.6 is 0 Å². The smallest absolute Gasteiger partial charge is 0.344 e. The molecule has 1 aliphatic heterocycles. The van der Waals surface area contributed by atoms with Crippen LogP contribution in [0.2, 0.25) is 0 Å². The first-order chi connectivity index (χ1) is 13.1. The average Bonchev–Trinajstić information content (AvgIpc) is 2.69. The molecule has 3 aromatic rings. The van der Waals surface area contributed by atoms with Gasteiger partial charge in [0.05, 0.1) is 23.3 Å². The maximum absolute atomic E-state index is 14.8. The van der Waals surface area contributed by atoms with Crippen LogP contribution in [0.4, 0.5) is 10.1 Å². The molecule has 1 saturated heterocycles. The Balaban J connectivity index is 2.02. The first-order valence-corrected chi connectivity index (χ1v) is 9.01. The monoisotopic (exact) mass is 369 g/mol. The fourth-order valence-corrected chi connectivity index (χ4v) is 3.59. The lowest BCUT2D eigenvalue weighted by Gasteiger charge is -2.30. The van der Waals surface area contributed by atoms with Crippen LogP contribution in [0.15, 0.2) is 41.3 Å². The third-order valence-corrected chi connectivity index (χ3v) is 4.85. The largest absolute Gasteiger partial charge is 0.462 e. The molecule has 0 spiro atoms. The van der Waals surface area contributed by atoms with E-state index in [9.17, 15) is 14.0 Å². The molecular weight excluding hydrogens is 349 g/mol. The molecule has 1 aromatic carbocycles. The minimum absolute atomic E-state index is 0.0701. The van der Waals surface area contributed by atoms with Gasteiger partial charge in [-0.25, -0.2) is 9.18 Å². The number of piperazine rings is 1. The Labute approximate surface area is 155 Å². The van der Waals surface area contributed by atoms with Crippen molar-refractivity contribution in [3.8, 4) is 0 Å². The summed E-state index contributed by atoms with van der Waals surface area (Å²) in [6.07, 6.45) is 1.76. The molecule has 0 atom stereocenters. The van der Waals surface area contributed by atoms with Gasteiger partial charge in [-0.15, -0.1) is 0 Å². The van der Waals surface area contributed by atoms with Crippen molar-refractivity contribution < 1.29 is 13.9 Å². The second-order valence-electron chi connectivity index (χ2n) is 6.44. The standard InChI is InChI=1S/C20H20FN3O3/c1-2-27-20(26)18-15-5-3-4-8-24(15)16-12-17(23-9-6-22-7-10-23)14(21)11-13(16)19(18)25/h3-5,8,11-12,22H,2,6-7,9-10H2,1H3. The van der Waals surface area contributed by atoms with Gasteiger partial charge in [0.15, 0.2) is 0 Å². The molecule has 2 aromatic heterocycles. The highest BCUT2D eigenvalue weighted by Crippen LogP contribution is 2.27. The van der Waals surface area contributed by atoms with Gasteiger partial charge in [-0.05, 0) is 31.2 Å². The average molecular weight is 369 g/mol. The number of anilines is 1. The second-order valence-corrected chi connectivity index (χ2v) is 6.44. The van der Waals surface area contributed by atoms with Crippen molar-refractivity contribution in [3.05, 3.63) is 58.1 Å². The number of nitrogens with zero attached hydrogens (tertiary/aromatic N) is 2. The molecule has 0 unspecified atom stereocenters. The zero-order valence-electron chi connectivity index (χ0n) is 15.0. The predicted octanol–water partition coefficient (Wildman–Crippen LogP) is 2.18. The van der Waals surface area contributed by atoms with E-state index >= 15 is 0 Å². The van der Waals surface area contributed by atoms with Gasteiger partial charge in [-0.3, -0.25) is 4.79 Å². The highest BCUT2D eigenvalue weighted by Gasteiger charge is 2.22. The first kappa shape index (κ1) is 17.5. The minimum Gasteiger partial charge on any atom is -0.462 e. The Bertz CT molecular complexity index is 1090. The zero-order chi connectivity index (χ0) is 19.0. The van der Waals surface area contributed by atoms with Gasteiger partial charge in [0, 0.05) is 37.8 Å². The van der Waals surface area contributed by atoms with Crippen LogP contribution < -0.4 is 15.6 Å². The molecule has 1 fully saturated rings. The number of benzene rings is 1. The number of ether oxygens (including phenoxy) is 1. The number of nitrogens with one attached hydrogen (secondary N) is 1. The van der Waals surface area contributed by atoms with Crippen LogP contribution in [0, 0.1) is 5.82 Å². The summed E-state index contributed by atoms with van der Waals surface area (Å²) in [6, 6.07) is 8.18. The molecule has 0 saturated carbocycles. The molecule has 0 aliphatic carbocycles. The summed E-state index contributed by atoms with van der Waals surface area (Å²) in [7, 11) is 0. The number of carbonyl (C=O) groups is 1. The van der Waals surface area contributed by atoms with Gasteiger partial charge in [0.1, 0.15) is 11.4 Å². The van der Waals surface area contributed by atoms with Crippen molar-refractivity contribution in [1.82, 2.24) is 9.72 Å². The third-order valence-electron chi connectivity index (χ3n) is 4.85. The van der Waals surface area contributed by atoms with Crippen LogP contribution in [-0.4, -0.2) is 43.2 Å². The number of pyridine rings is 2. The number of fused-ring (bicyclic) bond motifs is 3. The van der Waals surface area contributed by atoms with E-state index < -0.39 is 17.2 Å². The van der Waals surface area contributed by atoms with Crippen LogP contribution in [0.5, 0.6) is 0 Å². The molecular formula is C20H20FN3O3. The molecule has 27 heavy (non-hydrogen) atoms. The molecule has 4 rings (SSSR count). The maximum Gasteiger partial charge on any atom is 0.344 e. The quantitative estimate of drug-likeness (QED) is 0.566. The van der Waals surface area contributed by atoms with Crippen molar-refractivity contribution in [1.29, 1.82) is 0 Å². The Hall–Kier alpha value is -2.93. The Kier molecular flexibility index (Phi) is 4.53. The summed E-state index contributed by atoms with van der Waals surface area (Å²) < 4.78 is 21.6. The zero-order valence-corrected chi connectivity index (χ0v) is 15.0. The summed E-state index contributed by atoms with van der Waals surface area (Å²) in [4.78, 5) is 27.3. The Morgan fingerprint density at radius 1 is 1.22 bits per heavy atom. The fourth-order valence-electron chi connectivity index (χ4n) is 3.59. The van der Waals surface area contributed by atoms with Gasteiger partial charge in [-0.2, -0.15) is 0 Å². The van der Waals surface area contributed by atoms with Gasteiger partial charge < -0.3 is 19.4 Å². The lowest BCUT2D eigenvalue weighted by molar-refractivity contribution is 0.0527. The third kappa shape index (κ3) is 2.94. The number of carbonyl (C=O) groups excluding carboxylic acids is 1. The van der Waals surface area contributed by atoms with E-state index in [1.165, 1.54) is 6.07 Å². The van der Waals surface area contributed by atoms with Gasteiger partial charge in [0.2, 0.25) is 5.43 Å². The topological polar surface area (TPSA) is 63.1 Å². The normalized spacial score (nSPS) is 14.7. The van der Waals surface area contributed by atoms with Crippen LogP contribution in [0.25, 0.3) is 16.4 Å². The highest BCUT2D eigenvalue weighted by molar-refractivity contribution is 6.02. The lowest BCUT2D eigenvalue weighted by atomic mass is 10.1. The Morgan fingerprint density at radius 2 is 2.00 bits per heavy atom. The van der Waals surface area contributed by atoms with E-state index in [0.29, 0.717) is 29.8 Å². The maximum atomic E-state index is 14.8. The minimum atomic E-state index is -0.695.